The highest BCUT2D eigenvalue weighted by molar-refractivity contribution is 6.02. The minimum atomic E-state index is -4.92. The van der Waals surface area contributed by atoms with Gasteiger partial charge in [-0.05, 0) is 30.7 Å². The second-order valence-electron chi connectivity index (χ2n) is 5.51. The standard InChI is InChI=1S/C17H10F8O/c1-9-5-6-11(8-13(9)17(23,24)25)15(18,19)14(26)10-3-2-4-12(7-10)16(20,21)22/h2-8H,1H3. The molecule has 0 N–H and O–H groups in total. The van der Waals surface area contributed by atoms with Gasteiger partial charge >= 0.3 is 18.3 Å². The molecule has 0 radical (unpaired) electrons. The Labute approximate surface area is 142 Å². The van der Waals surface area contributed by atoms with Crippen LogP contribution >= 0.6 is 0 Å². The van der Waals surface area contributed by atoms with E-state index in [0.29, 0.717) is 12.1 Å². The van der Waals surface area contributed by atoms with E-state index in [4.69, 9.17) is 0 Å². The first-order chi connectivity index (χ1) is 11.7. The average Bonchev–Trinajstić information content (AvgIpc) is 2.52. The summed E-state index contributed by atoms with van der Waals surface area (Å²) >= 11 is 0. The molecule has 0 heterocycles. The van der Waals surface area contributed by atoms with Crippen LogP contribution in [0.2, 0.25) is 0 Å². The molecular formula is C17H10F8O. The van der Waals surface area contributed by atoms with Crippen molar-refractivity contribution in [3.8, 4) is 0 Å². The molecule has 0 aliphatic heterocycles. The molecule has 0 saturated carbocycles. The summed E-state index contributed by atoms with van der Waals surface area (Å²) in [5.41, 5.74) is -5.22. The van der Waals surface area contributed by atoms with Crippen LogP contribution in [0.25, 0.3) is 0 Å². The van der Waals surface area contributed by atoms with E-state index in [0.717, 1.165) is 25.1 Å². The zero-order chi connectivity index (χ0) is 19.9. The second-order valence-corrected chi connectivity index (χ2v) is 5.51. The monoisotopic (exact) mass is 382 g/mol. The highest BCUT2D eigenvalue weighted by Gasteiger charge is 2.44. The molecule has 2 aromatic rings. The summed E-state index contributed by atoms with van der Waals surface area (Å²) in [4.78, 5) is 12.0. The Morgan fingerprint density at radius 1 is 0.769 bits per heavy atom. The van der Waals surface area contributed by atoms with Crippen LogP contribution < -0.4 is 0 Å². The number of aryl methyl sites for hydroxylation is 1. The van der Waals surface area contributed by atoms with Gasteiger partial charge in [0.1, 0.15) is 0 Å². The topological polar surface area (TPSA) is 17.1 Å². The van der Waals surface area contributed by atoms with Crippen LogP contribution in [-0.4, -0.2) is 5.78 Å². The molecule has 26 heavy (non-hydrogen) atoms. The highest BCUT2D eigenvalue weighted by Crippen LogP contribution is 2.38. The van der Waals surface area contributed by atoms with E-state index in [-0.39, 0.29) is 17.7 Å². The first kappa shape index (κ1) is 19.9. The lowest BCUT2D eigenvalue weighted by molar-refractivity contribution is -0.138. The Kier molecular flexibility index (Phi) is 4.87. The van der Waals surface area contributed by atoms with E-state index in [9.17, 15) is 39.9 Å². The van der Waals surface area contributed by atoms with Crippen LogP contribution in [0.3, 0.4) is 0 Å². The van der Waals surface area contributed by atoms with E-state index in [1.54, 1.807) is 0 Å². The summed E-state index contributed by atoms with van der Waals surface area (Å²) in [6.45, 7) is 1.05. The summed E-state index contributed by atoms with van der Waals surface area (Å²) < 4.78 is 105. The summed E-state index contributed by atoms with van der Waals surface area (Å²) in [6, 6.07) is 3.85. The zero-order valence-corrected chi connectivity index (χ0v) is 13.0. The van der Waals surface area contributed by atoms with E-state index in [1.807, 2.05) is 0 Å². The van der Waals surface area contributed by atoms with Crippen molar-refractivity contribution in [2.75, 3.05) is 0 Å². The van der Waals surface area contributed by atoms with Crippen molar-refractivity contribution in [3.05, 3.63) is 70.3 Å². The van der Waals surface area contributed by atoms with Crippen molar-refractivity contribution in [2.24, 2.45) is 0 Å². The second kappa shape index (κ2) is 6.37. The van der Waals surface area contributed by atoms with Crippen molar-refractivity contribution in [2.45, 2.75) is 25.2 Å². The summed E-state index contributed by atoms with van der Waals surface area (Å²) in [6.07, 6.45) is -9.78. The summed E-state index contributed by atoms with van der Waals surface area (Å²) in [7, 11) is 0. The molecule has 1 nitrogen and oxygen atoms in total. The summed E-state index contributed by atoms with van der Waals surface area (Å²) in [5.74, 6) is -6.46. The Balaban J connectivity index is 2.49. The predicted octanol–water partition coefficient (Wildman–Crippen LogP) is 6.01. The van der Waals surface area contributed by atoms with Crippen LogP contribution in [0.1, 0.15) is 32.6 Å². The molecule has 0 aromatic heterocycles. The molecule has 0 atom stereocenters. The van der Waals surface area contributed by atoms with Crippen LogP contribution in [0.4, 0.5) is 35.1 Å². The number of Topliss-reactive ketones (excluding diaryl/α,β-unsaturated/α-hetero) is 1. The fourth-order valence-electron chi connectivity index (χ4n) is 2.27. The van der Waals surface area contributed by atoms with Gasteiger partial charge < -0.3 is 0 Å². The largest absolute Gasteiger partial charge is 0.416 e. The number of carbonyl (C=O) groups excluding carboxylic acids is 1. The van der Waals surface area contributed by atoms with Crippen LogP contribution in [0, 0.1) is 6.92 Å². The lowest BCUT2D eigenvalue weighted by Crippen LogP contribution is -2.27. The molecule has 0 amide bonds. The molecule has 2 aromatic carbocycles. The number of carbonyl (C=O) groups is 1. The van der Waals surface area contributed by atoms with Crippen molar-refractivity contribution >= 4 is 5.78 Å². The van der Waals surface area contributed by atoms with Crippen molar-refractivity contribution < 1.29 is 39.9 Å². The molecule has 0 unspecified atom stereocenters. The molecule has 0 spiro atoms. The minimum absolute atomic E-state index is 0.126. The van der Waals surface area contributed by atoms with Crippen LogP contribution in [0.5, 0.6) is 0 Å². The maximum Gasteiger partial charge on any atom is 0.416 e. The molecule has 9 heteroatoms. The normalized spacial score (nSPS) is 13.0. The van der Waals surface area contributed by atoms with Gasteiger partial charge in [0.25, 0.3) is 0 Å². The lowest BCUT2D eigenvalue weighted by Gasteiger charge is -2.19. The number of hydrogen-bond acceptors (Lipinski definition) is 1. The van der Waals surface area contributed by atoms with Gasteiger partial charge in [-0.15, -0.1) is 0 Å². The molecule has 140 valence electrons. The average molecular weight is 382 g/mol. The Hall–Kier alpha value is -2.45. The molecule has 0 saturated heterocycles. The van der Waals surface area contributed by atoms with E-state index in [2.05, 4.69) is 0 Å². The van der Waals surface area contributed by atoms with Crippen LogP contribution in [-0.2, 0) is 18.3 Å². The lowest BCUT2D eigenvalue weighted by atomic mass is 9.94. The molecule has 0 aliphatic carbocycles. The SMILES string of the molecule is Cc1ccc(C(F)(F)C(=O)c2cccc(C(F)(F)F)c2)cc1C(F)(F)F. The van der Waals surface area contributed by atoms with Gasteiger partial charge in [-0.2, -0.15) is 35.1 Å². The van der Waals surface area contributed by atoms with Gasteiger partial charge in [-0.25, -0.2) is 0 Å². The maximum atomic E-state index is 14.4. The molecule has 0 aliphatic rings. The predicted molar refractivity (Wildman–Crippen MR) is 75.8 cm³/mol. The third-order valence-corrected chi connectivity index (χ3v) is 3.64. The Morgan fingerprint density at radius 2 is 1.38 bits per heavy atom. The van der Waals surface area contributed by atoms with Gasteiger partial charge in [-0.1, -0.05) is 24.3 Å². The number of halogens is 8. The molecule has 0 fully saturated rings. The summed E-state index contributed by atoms with van der Waals surface area (Å²) in [5, 5.41) is 0. The first-order valence-electron chi connectivity index (χ1n) is 7.03. The number of alkyl halides is 8. The maximum absolute atomic E-state index is 14.4. The highest BCUT2D eigenvalue weighted by atomic mass is 19.4. The van der Waals surface area contributed by atoms with E-state index >= 15 is 0 Å². The molecular weight excluding hydrogens is 372 g/mol. The van der Waals surface area contributed by atoms with Crippen molar-refractivity contribution in [3.63, 3.8) is 0 Å². The molecule has 0 bridgehead atoms. The van der Waals surface area contributed by atoms with Crippen LogP contribution in [0.15, 0.2) is 42.5 Å². The van der Waals surface area contributed by atoms with Gasteiger partial charge in [0.2, 0.25) is 5.78 Å². The number of rotatable bonds is 3. The Bertz CT molecular complexity index is 833. The molecule has 2 rings (SSSR count). The van der Waals surface area contributed by atoms with E-state index in [1.165, 1.54) is 0 Å². The number of ketones is 1. The smallest absolute Gasteiger partial charge is 0.287 e. The fraction of sp³-hybridized carbons (Fsp3) is 0.235. The first-order valence-corrected chi connectivity index (χ1v) is 7.03. The zero-order valence-electron chi connectivity index (χ0n) is 13.0. The number of hydrogen-bond donors (Lipinski definition) is 0. The van der Waals surface area contributed by atoms with Gasteiger partial charge in [0.05, 0.1) is 11.1 Å². The van der Waals surface area contributed by atoms with E-state index < -0.39 is 46.3 Å². The van der Waals surface area contributed by atoms with Crippen molar-refractivity contribution in [1.29, 1.82) is 0 Å². The quantitative estimate of drug-likeness (QED) is 0.470. The Morgan fingerprint density at radius 3 is 1.92 bits per heavy atom. The minimum Gasteiger partial charge on any atom is -0.287 e. The van der Waals surface area contributed by atoms with Crippen molar-refractivity contribution in [1.82, 2.24) is 0 Å². The third-order valence-electron chi connectivity index (χ3n) is 3.64. The third kappa shape index (κ3) is 3.86. The number of benzene rings is 2. The fourth-order valence-corrected chi connectivity index (χ4v) is 2.27. The van der Waals surface area contributed by atoms with Gasteiger partial charge in [0, 0.05) is 11.1 Å². The van der Waals surface area contributed by atoms with Gasteiger partial charge in [-0.3, -0.25) is 4.79 Å². The van der Waals surface area contributed by atoms with Gasteiger partial charge in [0.15, 0.2) is 0 Å².